The molecule has 48 valence electrons. The minimum absolute atomic E-state index is 2.00. The van der Waals surface area contributed by atoms with Gasteiger partial charge in [0.15, 0.2) is 0 Å². The normalized spacial score (nSPS) is 7.75. The molecule has 0 amide bonds. The first-order chi connectivity index (χ1) is 3.91. The second-order valence-corrected chi connectivity index (χ2v) is 1.38. The van der Waals surface area contributed by atoms with Crippen LogP contribution in [-0.2, 0) is 18.4 Å². The van der Waals surface area contributed by atoms with Crippen LogP contribution < -0.4 is 0 Å². The Bertz CT molecular complexity index is 77.3. The van der Waals surface area contributed by atoms with E-state index in [9.17, 15) is 6.57 Å². The second-order valence-electron chi connectivity index (χ2n) is 1.01. The topological polar surface area (TPSA) is 0 Å². The standard InChI is InChI=1S/C5H5.2FH.Os/c1-2-4-5-3-1;;;/h1-5H;2*1H;/q-1;;;+2/p-2. The van der Waals surface area contributed by atoms with Crippen molar-refractivity contribution in [3.63, 3.8) is 0 Å². The quantitative estimate of drug-likeness (QED) is 0.644. The van der Waals surface area contributed by atoms with Crippen molar-refractivity contribution < 1.29 is 25.0 Å². The van der Waals surface area contributed by atoms with Gasteiger partial charge in [-0.3, -0.25) is 0 Å². The van der Waals surface area contributed by atoms with E-state index in [1.807, 2.05) is 30.3 Å². The number of hydrogen-bond donors (Lipinski definition) is 0. The fourth-order valence-electron chi connectivity index (χ4n) is 0.321. The Morgan fingerprint density at radius 3 is 1.62 bits per heavy atom. The summed E-state index contributed by atoms with van der Waals surface area (Å²) in [5.74, 6) is 0. The predicted molar refractivity (Wildman–Crippen MR) is 24.3 cm³/mol. The van der Waals surface area contributed by atoms with Gasteiger partial charge in [-0.2, -0.15) is 18.2 Å². The monoisotopic (exact) mass is 295 g/mol. The smallest absolute Gasteiger partial charge is 0.172 e. The molecule has 0 aliphatic rings. The zero-order valence-corrected chi connectivity index (χ0v) is 6.54. The molecule has 1 aromatic rings. The molecule has 0 aliphatic carbocycles. The van der Waals surface area contributed by atoms with E-state index in [0.29, 0.717) is 0 Å². The summed E-state index contributed by atoms with van der Waals surface area (Å²) in [7, 11) is 0. The van der Waals surface area contributed by atoms with Crippen LogP contribution in [-0.4, -0.2) is 0 Å². The third kappa shape index (κ3) is 5.85. The van der Waals surface area contributed by atoms with Crippen molar-refractivity contribution in [2.24, 2.45) is 0 Å². The third-order valence-corrected chi connectivity index (χ3v) is 0.556. The Hall–Kier alpha value is -0.154. The maximum atomic E-state index is 9.76. The van der Waals surface area contributed by atoms with Crippen molar-refractivity contribution in [3.8, 4) is 0 Å². The van der Waals surface area contributed by atoms with Crippen molar-refractivity contribution in [1.82, 2.24) is 0 Å². The van der Waals surface area contributed by atoms with Crippen LogP contribution in [0.5, 0.6) is 0 Å². The Morgan fingerprint density at radius 2 is 1.50 bits per heavy atom. The van der Waals surface area contributed by atoms with E-state index < -0.39 is 18.4 Å². The summed E-state index contributed by atoms with van der Waals surface area (Å²) in [4.78, 5) is 0. The molecule has 0 heterocycles. The van der Waals surface area contributed by atoms with E-state index >= 15 is 0 Å². The fraction of sp³-hybridized carbons (Fsp3) is 0. The van der Waals surface area contributed by atoms with Crippen LogP contribution in [0.4, 0.5) is 6.57 Å². The number of rotatable bonds is 0. The molecular weight excluding hydrogens is 288 g/mol. The van der Waals surface area contributed by atoms with Crippen LogP contribution in [0.3, 0.4) is 0 Å². The first-order valence-corrected chi connectivity index (χ1v) is 3.85. The van der Waals surface area contributed by atoms with Gasteiger partial charge in [-0.25, -0.2) is 12.1 Å². The van der Waals surface area contributed by atoms with Crippen LogP contribution >= 0.6 is 0 Å². The van der Waals surface area contributed by atoms with Crippen LogP contribution in [0.25, 0.3) is 0 Å². The van der Waals surface area contributed by atoms with Crippen LogP contribution in [0.2, 0.25) is 0 Å². The van der Waals surface area contributed by atoms with Crippen molar-refractivity contribution in [3.05, 3.63) is 30.3 Å². The maximum absolute atomic E-state index is 9.76. The van der Waals surface area contributed by atoms with E-state index in [-0.39, 0.29) is 0 Å². The molecule has 0 saturated heterocycles. The van der Waals surface area contributed by atoms with Gasteiger partial charge in [-0.15, -0.1) is 0 Å². The zero-order valence-electron chi connectivity index (χ0n) is 4.00. The SMILES string of the molecule is [F][Os][F].c1cc[cH-]c1. The molecule has 0 aromatic heterocycles. The van der Waals surface area contributed by atoms with Crippen LogP contribution in [0.1, 0.15) is 0 Å². The molecule has 0 unspecified atom stereocenters. The summed E-state index contributed by atoms with van der Waals surface area (Å²) in [6.07, 6.45) is 0. The second kappa shape index (κ2) is 6.85. The Balaban J connectivity index is 0.000000145. The van der Waals surface area contributed by atoms with Gasteiger partial charge in [0.25, 0.3) is 0 Å². The molecule has 1 rings (SSSR count). The maximum Gasteiger partial charge on any atom is -0.172 e. The molecule has 0 fully saturated rings. The summed E-state index contributed by atoms with van der Waals surface area (Å²) >= 11 is -2.58. The molecule has 0 N–H and O–H groups in total. The van der Waals surface area contributed by atoms with E-state index in [0.717, 1.165) is 0 Å². The molecule has 0 spiro atoms. The molecule has 0 nitrogen and oxygen atoms in total. The minimum Gasteiger partial charge on any atom is -0.214 e. The van der Waals surface area contributed by atoms with Crippen molar-refractivity contribution >= 4 is 0 Å². The summed E-state index contributed by atoms with van der Waals surface area (Å²) in [5, 5.41) is 0. The van der Waals surface area contributed by atoms with Gasteiger partial charge in [-0.05, 0) is 0 Å². The van der Waals surface area contributed by atoms with Gasteiger partial charge in [-0.1, -0.05) is 0 Å². The average molecular weight is 293 g/mol. The van der Waals surface area contributed by atoms with E-state index in [2.05, 4.69) is 0 Å². The first-order valence-electron chi connectivity index (χ1n) is 1.93. The van der Waals surface area contributed by atoms with Crippen LogP contribution in [0, 0.1) is 0 Å². The predicted octanol–water partition coefficient (Wildman–Crippen LogP) is 2.24. The summed E-state index contributed by atoms with van der Waals surface area (Å²) in [6, 6.07) is 10.0. The van der Waals surface area contributed by atoms with E-state index in [4.69, 9.17) is 0 Å². The molecule has 0 atom stereocenters. The summed E-state index contributed by atoms with van der Waals surface area (Å²) < 4.78 is 19.5. The van der Waals surface area contributed by atoms with Gasteiger partial charge in [0.2, 0.25) is 0 Å². The van der Waals surface area contributed by atoms with Gasteiger partial charge < -0.3 is 0 Å². The Morgan fingerprint density at radius 1 is 1.12 bits per heavy atom. The van der Waals surface area contributed by atoms with Gasteiger partial charge in [0, 0.05) is 0 Å². The van der Waals surface area contributed by atoms with Gasteiger partial charge in [0.1, 0.15) is 0 Å². The van der Waals surface area contributed by atoms with Crippen molar-refractivity contribution in [1.29, 1.82) is 0 Å². The first kappa shape index (κ1) is 7.85. The molecule has 0 bridgehead atoms. The number of hydrogen-bond acceptors (Lipinski definition) is 0. The molecule has 0 saturated carbocycles. The van der Waals surface area contributed by atoms with E-state index in [1.165, 1.54) is 0 Å². The zero-order chi connectivity index (χ0) is 6.24. The largest absolute Gasteiger partial charge is 0.214 e. The Kier molecular flexibility index (Phi) is 6.71. The number of halogens is 2. The molecule has 8 heavy (non-hydrogen) atoms. The molecule has 0 aliphatic heterocycles. The van der Waals surface area contributed by atoms with E-state index in [1.54, 1.807) is 0 Å². The summed E-state index contributed by atoms with van der Waals surface area (Å²) in [6.45, 7) is 0. The van der Waals surface area contributed by atoms with Crippen molar-refractivity contribution in [2.45, 2.75) is 0 Å². The molecular formula is C5H5F2Os-. The Labute approximate surface area is 55.8 Å². The van der Waals surface area contributed by atoms with Crippen molar-refractivity contribution in [2.75, 3.05) is 0 Å². The van der Waals surface area contributed by atoms with Gasteiger partial charge >= 0.3 is 25.0 Å². The molecule has 1 aromatic carbocycles. The third-order valence-electron chi connectivity index (χ3n) is 0.556. The molecule has 3 heteroatoms. The summed E-state index contributed by atoms with van der Waals surface area (Å²) in [5.41, 5.74) is 0. The minimum atomic E-state index is -2.58. The molecule has 0 radical (unpaired) electrons. The fourth-order valence-corrected chi connectivity index (χ4v) is 0.321. The van der Waals surface area contributed by atoms with Crippen LogP contribution in [0.15, 0.2) is 30.3 Å². The average Bonchev–Trinajstić information content (AvgIpc) is 2.17. The van der Waals surface area contributed by atoms with Gasteiger partial charge in [0.05, 0.1) is 0 Å².